The Balaban J connectivity index is 2.86. The van der Waals surface area contributed by atoms with Gasteiger partial charge in [0.05, 0.1) is 12.8 Å². The first kappa shape index (κ1) is 9.64. The molecule has 0 saturated carbocycles. The molecule has 0 amide bonds. The van der Waals surface area contributed by atoms with Crippen molar-refractivity contribution in [3.8, 4) is 11.5 Å². The Labute approximate surface area is 76.3 Å². The van der Waals surface area contributed by atoms with Crippen molar-refractivity contribution in [2.75, 3.05) is 12.8 Å². The number of benzene rings is 1. The molecule has 1 rings (SSSR count). The van der Waals surface area contributed by atoms with Crippen molar-refractivity contribution in [2.24, 2.45) is 0 Å². The Morgan fingerprint density at radius 3 is 2.69 bits per heavy atom. The van der Waals surface area contributed by atoms with E-state index >= 15 is 0 Å². The number of ether oxygens (including phenoxy) is 2. The maximum absolute atomic E-state index is 12.4. The predicted octanol–water partition coefficient (Wildman–Crippen LogP) is 1.97. The average molecular weight is 185 g/mol. The molecule has 0 aliphatic carbocycles. The Kier molecular flexibility index (Phi) is 2.95. The second-order valence-corrected chi connectivity index (χ2v) is 2.56. The van der Waals surface area contributed by atoms with Crippen LogP contribution in [-0.4, -0.2) is 13.5 Å². The summed E-state index contributed by atoms with van der Waals surface area (Å²) in [6.45, 7) is 1.31. The van der Waals surface area contributed by atoms with Crippen LogP contribution in [-0.2, 0) is 0 Å². The molecule has 0 heterocycles. The third kappa shape index (κ3) is 2.50. The lowest BCUT2D eigenvalue weighted by molar-refractivity contribution is 0.0858. The molecule has 0 aromatic heterocycles. The van der Waals surface area contributed by atoms with Gasteiger partial charge in [-0.25, -0.2) is 4.39 Å². The van der Waals surface area contributed by atoms with E-state index in [1.807, 2.05) is 0 Å². The van der Waals surface area contributed by atoms with Gasteiger partial charge in [0, 0.05) is 13.0 Å². The summed E-state index contributed by atoms with van der Waals surface area (Å²) >= 11 is 0. The smallest absolute Gasteiger partial charge is 0.235 e. The van der Waals surface area contributed by atoms with Crippen molar-refractivity contribution in [2.45, 2.75) is 13.3 Å². The Hall–Kier alpha value is -1.45. The number of alkyl halides is 1. The van der Waals surface area contributed by atoms with Gasteiger partial charge in [-0.2, -0.15) is 0 Å². The molecule has 0 bridgehead atoms. The molecule has 1 aromatic rings. The van der Waals surface area contributed by atoms with Crippen LogP contribution in [0.4, 0.5) is 10.1 Å². The minimum Gasteiger partial charge on any atom is -0.494 e. The topological polar surface area (TPSA) is 44.5 Å². The summed E-state index contributed by atoms with van der Waals surface area (Å²) in [5, 5.41) is 0. The van der Waals surface area contributed by atoms with Gasteiger partial charge in [0.25, 0.3) is 0 Å². The first-order valence-electron chi connectivity index (χ1n) is 3.87. The highest BCUT2D eigenvalue weighted by molar-refractivity contribution is 5.55. The zero-order chi connectivity index (χ0) is 9.84. The van der Waals surface area contributed by atoms with Crippen LogP contribution in [0, 0.1) is 0 Å². The third-order valence-corrected chi connectivity index (χ3v) is 1.50. The molecule has 3 nitrogen and oxygen atoms in total. The highest BCUT2D eigenvalue weighted by Crippen LogP contribution is 2.26. The van der Waals surface area contributed by atoms with Gasteiger partial charge < -0.3 is 15.2 Å². The van der Waals surface area contributed by atoms with Crippen molar-refractivity contribution in [3.63, 3.8) is 0 Å². The Morgan fingerprint density at radius 1 is 1.46 bits per heavy atom. The molecule has 4 heteroatoms. The van der Waals surface area contributed by atoms with Crippen LogP contribution in [0.2, 0.25) is 0 Å². The summed E-state index contributed by atoms with van der Waals surface area (Å²) in [6, 6.07) is 4.75. The largest absolute Gasteiger partial charge is 0.494 e. The first-order valence-corrected chi connectivity index (χ1v) is 3.87. The van der Waals surface area contributed by atoms with Crippen molar-refractivity contribution in [1.82, 2.24) is 0 Å². The molecule has 0 spiro atoms. The van der Waals surface area contributed by atoms with Gasteiger partial charge in [0.2, 0.25) is 6.36 Å². The van der Waals surface area contributed by atoms with Crippen LogP contribution in [0.3, 0.4) is 0 Å². The van der Waals surface area contributed by atoms with Crippen LogP contribution in [0.5, 0.6) is 11.5 Å². The molecule has 1 unspecified atom stereocenters. The molecule has 1 aromatic carbocycles. The molecular weight excluding hydrogens is 173 g/mol. The SMILES string of the molecule is COc1cc(OC(C)F)ccc1N. The van der Waals surface area contributed by atoms with Gasteiger partial charge in [-0.3, -0.25) is 0 Å². The van der Waals surface area contributed by atoms with Gasteiger partial charge in [-0.1, -0.05) is 0 Å². The zero-order valence-electron chi connectivity index (χ0n) is 7.58. The molecular formula is C9H12FNO2. The second kappa shape index (κ2) is 3.98. The normalized spacial score (nSPS) is 12.2. The number of anilines is 1. The number of halogens is 1. The number of hydrogen-bond acceptors (Lipinski definition) is 3. The molecule has 0 saturated heterocycles. The Bertz CT molecular complexity index is 289. The minimum atomic E-state index is -1.34. The van der Waals surface area contributed by atoms with Gasteiger partial charge in [-0.15, -0.1) is 0 Å². The minimum absolute atomic E-state index is 0.404. The number of nitrogens with two attached hydrogens (primary N) is 1. The first-order chi connectivity index (χ1) is 6.13. The zero-order valence-corrected chi connectivity index (χ0v) is 7.58. The van der Waals surface area contributed by atoms with Crippen molar-refractivity contribution >= 4 is 5.69 Å². The summed E-state index contributed by atoms with van der Waals surface area (Å²) in [6.07, 6.45) is -1.34. The van der Waals surface area contributed by atoms with Gasteiger partial charge >= 0.3 is 0 Å². The standard InChI is InChI=1S/C9H12FNO2/c1-6(10)13-7-3-4-8(11)9(5-7)12-2/h3-6H,11H2,1-2H3. The predicted molar refractivity (Wildman–Crippen MR) is 48.6 cm³/mol. The quantitative estimate of drug-likeness (QED) is 0.732. The van der Waals surface area contributed by atoms with Crippen molar-refractivity contribution in [3.05, 3.63) is 18.2 Å². The molecule has 0 fully saturated rings. The maximum Gasteiger partial charge on any atom is 0.235 e. The van der Waals surface area contributed by atoms with Crippen LogP contribution < -0.4 is 15.2 Å². The van der Waals surface area contributed by atoms with E-state index in [2.05, 4.69) is 0 Å². The summed E-state index contributed by atoms with van der Waals surface area (Å²) in [4.78, 5) is 0. The van der Waals surface area contributed by atoms with E-state index in [1.165, 1.54) is 14.0 Å². The molecule has 72 valence electrons. The van der Waals surface area contributed by atoms with Crippen LogP contribution >= 0.6 is 0 Å². The number of methoxy groups -OCH3 is 1. The lowest BCUT2D eigenvalue weighted by Gasteiger charge is -2.09. The summed E-state index contributed by atoms with van der Waals surface area (Å²) in [5.41, 5.74) is 6.06. The summed E-state index contributed by atoms with van der Waals surface area (Å²) < 4.78 is 22.2. The lowest BCUT2D eigenvalue weighted by Crippen LogP contribution is -2.04. The summed E-state index contributed by atoms with van der Waals surface area (Å²) in [7, 11) is 1.49. The average Bonchev–Trinajstić information content (AvgIpc) is 2.07. The highest BCUT2D eigenvalue weighted by Gasteiger charge is 2.04. The number of rotatable bonds is 3. The maximum atomic E-state index is 12.4. The molecule has 1 atom stereocenters. The van der Waals surface area contributed by atoms with E-state index in [-0.39, 0.29) is 0 Å². The van der Waals surface area contributed by atoms with E-state index in [0.717, 1.165) is 0 Å². The fraction of sp³-hybridized carbons (Fsp3) is 0.333. The third-order valence-electron chi connectivity index (χ3n) is 1.50. The molecule has 2 N–H and O–H groups in total. The van der Waals surface area contributed by atoms with E-state index in [1.54, 1.807) is 18.2 Å². The second-order valence-electron chi connectivity index (χ2n) is 2.56. The number of nitrogen functional groups attached to an aromatic ring is 1. The lowest BCUT2D eigenvalue weighted by atomic mass is 10.3. The van der Waals surface area contributed by atoms with Crippen molar-refractivity contribution < 1.29 is 13.9 Å². The van der Waals surface area contributed by atoms with Crippen LogP contribution in [0.25, 0.3) is 0 Å². The van der Waals surface area contributed by atoms with Gasteiger partial charge in [0.1, 0.15) is 11.5 Å². The molecule has 0 radical (unpaired) electrons. The van der Waals surface area contributed by atoms with E-state index in [9.17, 15) is 4.39 Å². The molecule has 13 heavy (non-hydrogen) atoms. The number of hydrogen-bond donors (Lipinski definition) is 1. The van der Waals surface area contributed by atoms with Crippen molar-refractivity contribution in [1.29, 1.82) is 0 Å². The van der Waals surface area contributed by atoms with E-state index in [4.69, 9.17) is 15.2 Å². The van der Waals surface area contributed by atoms with Crippen LogP contribution in [0.15, 0.2) is 18.2 Å². The van der Waals surface area contributed by atoms with Crippen LogP contribution in [0.1, 0.15) is 6.92 Å². The molecule has 0 aliphatic heterocycles. The Morgan fingerprint density at radius 2 is 2.15 bits per heavy atom. The van der Waals surface area contributed by atoms with E-state index < -0.39 is 6.36 Å². The van der Waals surface area contributed by atoms with E-state index in [0.29, 0.717) is 17.2 Å². The monoisotopic (exact) mass is 185 g/mol. The fourth-order valence-electron chi connectivity index (χ4n) is 0.952. The summed E-state index contributed by atoms with van der Waals surface area (Å²) in [5.74, 6) is 0.888. The van der Waals surface area contributed by atoms with Gasteiger partial charge in [0.15, 0.2) is 0 Å². The highest BCUT2D eigenvalue weighted by atomic mass is 19.1. The fourth-order valence-corrected chi connectivity index (χ4v) is 0.952. The molecule has 0 aliphatic rings. The van der Waals surface area contributed by atoms with Gasteiger partial charge in [-0.05, 0) is 12.1 Å².